The van der Waals surface area contributed by atoms with E-state index in [1.165, 1.54) is 0 Å². The van der Waals surface area contributed by atoms with Gasteiger partial charge in [0.1, 0.15) is 5.78 Å². The van der Waals surface area contributed by atoms with Crippen LogP contribution in [0.2, 0.25) is 0 Å². The Morgan fingerprint density at radius 1 is 1.09 bits per heavy atom. The molecule has 1 saturated carbocycles. The van der Waals surface area contributed by atoms with Gasteiger partial charge in [-0.05, 0) is 62.6 Å². The molecular formula is C29H51F2NO2. The Morgan fingerprint density at radius 2 is 1.59 bits per heavy atom. The third-order valence-electron chi connectivity index (χ3n) is 5.14. The minimum absolute atomic E-state index is 0.104. The lowest BCUT2D eigenvalue weighted by Gasteiger charge is -2.31. The van der Waals surface area contributed by atoms with Gasteiger partial charge in [-0.2, -0.15) is 0 Å². The molecule has 0 aliphatic heterocycles. The number of nitrogens with zero attached hydrogens (tertiary/aromatic N) is 1. The van der Waals surface area contributed by atoms with Gasteiger partial charge in [0.15, 0.2) is 0 Å². The summed E-state index contributed by atoms with van der Waals surface area (Å²) in [6.07, 6.45) is 2.56. The molecule has 0 atom stereocenters. The summed E-state index contributed by atoms with van der Waals surface area (Å²) in [5.74, 6) is -1.68. The normalized spacial score (nSPS) is 15.4. The predicted octanol–water partition coefficient (Wildman–Crippen LogP) is 9.20. The molecule has 0 aromatic heterocycles. The number of hydrogen-bond acceptors (Lipinski definition) is 3. The largest absolute Gasteiger partial charge is 0.386 e. The van der Waals surface area contributed by atoms with Gasteiger partial charge in [0.25, 0.3) is 0 Å². The highest BCUT2D eigenvalue weighted by molar-refractivity contribution is 5.84. The SMILES string of the molecule is CC.CC1CC(F)(F)C1.CCC(=O)CC(C)(C)C.CCC(C)=Nc1ccc(C(C)(C)O)cc1C. The number of Topliss-reactive ketones (excluding diaryl/α,β-unsaturated/α-hetero) is 1. The van der Waals surface area contributed by atoms with Gasteiger partial charge < -0.3 is 5.11 Å². The lowest BCUT2D eigenvalue weighted by molar-refractivity contribution is -0.120. The Kier molecular flexibility index (Phi) is 15.6. The molecule has 0 heterocycles. The molecule has 1 aromatic carbocycles. The van der Waals surface area contributed by atoms with Crippen LogP contribution in [0.3, 0.4) is 0 Å². The Labute approximate surface area is 208 Å². The molecule has 1 aromatic rings. The Balaban J connectivity index is 0. The first-order valence-corrected chi connectivity index (χ1v) is 12.7. The summed E-state index contributed by atoms with van der Waals surface area (Å²) in [5, 5.41) is 9.90. The van der Waals surface area contributed by atoms with Crippen molar-refractivity contribution in [1.29, 1.82) is 0 Å². The number of benzene rings is 1. The van der Waals surface area contributed by atoms with Crippen LogP contribution in [0.1, 0.15) is 119 Å². The molecule has 0 radical (unpaired) electrons. The van der Waals surface area contributed by atoms with Crippen LogP contribution in [-0.4, -0.2) is 22.5 Å². The van der Waals surface area contributed by atoms with Crippen molar-refractivity contribution in [3.05, 3.63) is 29.3 Å². The molecule has 34 heavy (non-hydrogen) atoms. The molecule has 2 rings (SSSR count). The number of rotatable bonds is 5. The number of hydrogen-bond donors (Lipinski definition) is 1. The highest BCUT2D eigenvalue weighted by Crippen LogP contribution is 2.41. The van der Waals surface area contributed by atoms with Crippen molar-refractivity contribution in [2.75, 3.05) is 0 Å². The second kappa shape index (κ2) is 15.4. The van der Waals surface area contributed by atoms with Gasteiger partial charge in [-0.15, -0.1) is 0 Å². The molecule has 0 bridgehead atoms. The first-order chi connectivity index (χ1) is 15.4. The first-order valence-electron chi connectivity index (χ1n) is 12.7. The van der Waals surface area contributed by atoms with Crippen LogP contribution in [0, 0.1) is 18.3 Å². The van der Waals surface area contributed by atoms with Crippen molar-refractivity contribution in [1.82, 2.24) is 0 Å². The predicted molar refractivity (Wildman–Crippen MR) is 144 cm³/mol. The Bertz CT molecular complexity index is 748. The van der Waals surface area contributed by atoms with Gasteiger partial charge in [-0.25, -0.2) is 8.78 Å². The van der Waals surface area contributed by atoms with E-state index in [9.17, 15) is 18.7 Å². The second-order valence-electron chi connectivity index (χ2n) is 10.8. The van der Waals surface area contributed by atoms with Gasteiger partial charge in [-0.1, -0.05) is 67.5 Å². The van der Waals surface area contributed by atoms with E-state index in [2.05, 4.69) is 32.7 Å². The third kappa shape index (κ3) is 16.1. The van der Waals surface area contributed by atoms with Crippen LogP contribution >= 0.6 is 0 Å². The van der Waals surface area contributed by atoms with Gasteiger partial charge in [0.05, 0.1) is 11.3 Å². The summed E-state index contributed by atoms with van der Waals surface area (Å²) < 4.78 is 23.6. The van der Waals surface area contributed by atoms with E-state index < -0.39 is 11.5 Å². The topological polar surface area (TPSA) is 49.7 Å². The van der Waals surface area contributed by atoms with E-state index in [-0.39, 0.29) is 24.2 Å². The van der Waals surface area contributed by atoms with Crippen LogP contribution in [0.25, 0.3) is 0 Å². The highest BCUT2D eigenvalue weighted by atomic mass is 19.3. The number of ketones is 1. The van der Waals surface area contributed by atoms with E-state index in [0.29, 0.717) is 18.6 Å². The number of aliphatic imine (C=N–C) groups is 1. The molecule has 198 valence electrons. The van der Waals surface area contributed by atoms with Crippen molar-refractivity contribution >= 4 is 17.2 Å². The Morgan fingerprint density at radius 3 is 1.82 bits per heavy atom. The summed E-state index contributed by atoms with van der Waals surface area (Å²) in [6, 6.07) is 5.92. The summed E-state index contributed by atoms with van der Waals surface area (Å²) in [4.78, 5) is 15.4. The second-order valence-corrected chi connectivity index (χ2v) is 10.8. The molecule has 1 N–H and O–H groups in total. The number of halogens is 2. The number of carbonyl (C=O) groups is 1. The summed E-state index contributed by atoms with van der Waals surface area (Å²) in [7, 11) is 0. The van der Waals surface area contributed by atoms with E-state index >= 15 is 0 Å². The standard InChI is InChI=1S/C14H21NO.C8H16O.C5H8F2.C2H6/c1-6-11(3)15-13-8-7-12(9-10(13)2)14(4,5)16;1-5-7(9)6-8(2,3)4;1-4-2-5(6,7)3-4;1-2/h7-9,16H,6H2,1-5H3;5-6H2,1-4H3;4H,2-3H2,1H3;1-2H3. The monoisotopic (exact) mass is 483 g/mol. The minimum atomic E-state index is -2.31. The number of aliphatic hydroxyl groups is 1. The lowest BCUT2D eigenvalue weighted by Crippen LogP contribution is -2.33. The van der Waals surface area contributed by atoms with Crippen LogP contribution in [0.15, 0.2) is 23.2 Å². The maximum atomic E-state index is 11.8. The average molecular weight is 484 g/mol. The van der Waals surface area contributed by atoms with Crippen molar-refractivity contribution in [3.63, 3.8) is 0 Å². The number of aryl methyl sites for hydroxylation is 1. The van der Waals surface area contributed by atoms with Crippen LogP contribution in [-0.2, 0) is 10.4 Å². The Hall–Kier alpha value is -1.62. The van der Waals surface area contributed by atoms with Gasteiger partial charge in [0.2, 0.25) is 5.92 Å². The number of carbonyl (C=O) groups excluding carboxylic acids is 1. The number of alkyl halides is 2. The fraction of sp³-hybridized carbons (Fsp3) is 0.724. The molecule has 0 spiro atoms. The summed E-state index contributed by atoms with van der Waals surface area (Å²) in [5.41, 5.74) is 3.54. The molecule has 1 aliphatic rings. The van der Waals surface area contributed by atoms with Gasteiger partial charge in [0, 0.05) is 31.4 Å². The maximum Gasteiger partial charge on any atom is 0.248 e. The molecule has 3 nitrogen and oxygen atoms in total. The van der Waals surface area contributed by atoms with E-state index in [1.807, 2.05) is 59.7 Å². The molecule has 0 amide bonds. The quantitative estimate of drug-likeness (QED) is 0.424. The summed E-state index contributed by atoms with van der Waals surface area (Å²) >= 11 is 0. The van der Waals surface area contributed by atoms with Crippen molar-refractivity contribution in [3.8, 4) is 0 Å². The smallest absolute Gasteiger partial charge is 0.248 e. The first kappa shape index (κ1) is 34.5. The van der Waals surface area contributed by atoms with E-state index in [0.717, 1.165) is 28.9 Å². The molecule has 1 fully saturated rings. The maximum absolute atomic E-state index is 11.8. The molecule has 0 unspecified atom stereocenters. The van der Waals surface area contributed by atoms with Crippen molar-refractivity contribution in [2.45, 2.75) is 127 Å². The average Bonchev–Trinajstić information content (AvgIpc) is 2.68. The molecule has 0 saturated heterocycles. The minimum Gasteiger partial charge on any atom is -0.386 e. The summed E-state index contributed by atoms with van der Waals surface area (Å²) in [6.45, 7) is 23.7. The van der Waals surface area contributed by atoms with Gasteiger partial charge >= 0.3 is 0 Å². The lowest BCUT2D eigenvalue weighted by atomic mass is 9.83. The van der Waals surface area contributed by atoms with Crippen molar-refractivity contribution < 1.29 is 18.7 Å². The van der Waals surface area contributed by atoms with Crippen LogP contribution in [0.5, 0.6) is 0 Å². The molecular weight excluding hydrogens is 432 g/mol. The fourth-order valence-corrected chi connectivity index (χ4v) is 3.12. The van der Waals surface area contributed by atoms with Crippen molar-refractivity contribution in [2.24, 2.45) is 16.3 Å². The molecule has 1 aliphatic carbocycles. The van der Waals surface area contributed by atoms with E-state index in [4.69, 9.17) is 0 Å². The van der Waals surface area contributed by atoms with Crippen LogP contribution in [0.4, 0.5) is 14.5 Å². The third-order valence-corrected chi connectivity index (χ3v) is 5.14. The zero-order chi connectivity index (χ0) is 27.3. The highest BCUT2D eigenvalue weighted by Gasteiger charge is 2.42. The van der Waals surface area contributed by atoms with Crippen LogP contribution < -0.4 is 0 Å². The zero-order valence-electron chi connectivity index (χ0n) is 23.9. The zero-order valence-corrected chi connectivity index (χ0v) is 23.9. The fourth-order valence-electron chi connectivity index (χ4n) is 3.12. The molecule has 5 heteroatoms. The van der Waals surface area contributed by atoms with E-state index in [1.54, 1.807) is 13.8 Å². The van der Waals surface area contributed by atoms with Gasteiger partial charge in [-0.3, -0.25) is 9.79 Å².